The number of hydrogen-bond acceptors (Lipinski definition) is 6. The van der Waals surface area contributed by atoms with Crippen molar-refractivity contribution in [1.82, 2.24) is 5.43 Å². The molecule has 0 aliphatic heterocycles. The number of carbonyl (C=O) groups is 2. The summed E-state index contributed by atoms with van der Waals surface area (Å²) in [5, 5.41) is 16.6. The molecule has 0 atom stereocenters. The van der Waals surface area contributed by atoms with Gasteiger partial charge in [0.2, 0.25) is 11.8 Å². The van der Waals surface area contributed by atoms with Gasteiger partial charge in [0, 0.05) is 18.5 Å². The lowest BCUT2D eigenvalue weighted by Gasteiger charge is -2.08. The first-order valence-corrected chi connectivity index (χ1v) is 10.5. The largest absolute Gasteiger partial charge is 0.504 e. The van der Waals surface area contributed by atoms with Crippen molar-refractivity contribution in [2.24, 2.45) is 5.10 Å². The number of halogens is 1. The maximum atomic E-state index is 12.0. The molecule has 0 saturated carbocycles. The summed E-state index contributed by atoms with van der Waals surface area (Å²) in [5.41, 5.74) is 3.68. The van der Waals surface area contributed by atoms with Crippen LogP contribution in [0.25, 0.3) is 0 Å². The van der Waals surface area contributed by atoms with Crippen LogP contribution in [0.15, 0.2) is 41.5 Å². The topological polar surface area (TPSA) is 109 Å². The fourth-order valence-corrected chi connectivity index (χ4v) is 3.05. The second-order valence-corrected chi connectivity index (χ2v) is 7.24. The van der Waals surface area contributed by atoms with E-state index >= 15 is 0 Å². The first-order chi connectivity index (χ1) is 14.4. The Morgan fingerprint density at radius 3 is 2.40 bits per heavy atom. The Morgan fingerprint density at radius 1 is 1.07 bits per heavy atom. The Hall–Kier alpha value is -2.82. The van der Waals surface area contributed by atoms with Crippen molar-refractivity contribution in [3.8, 4) is 17.2 Å². The van der Waals surface area contributed by atoms with Crippen LogP contribution >= 0.6 is 22.6 Å². The monoisotopic (exact) mass is 525 g/mol. The number of hydrogen-bond donors (Lipinski definition) is 3. The maximum absolute atomic E-state index is 12.0. The zero-order valence-electron chi connectivity index (χ0n) is 16.8. The average molecular weight is 525 g/mol. The molecule has 0 saturated heterocycles. The van der Waals surface area contributed by atoms with Gasteiger partial charge in [-0.05, 0) is 78.4 Å². The summed E-state index contributed by atoms with van der Waals surface area (Å²) < 4.78 is 11.3. The minimum Gasteiger partial charge on any atom is -0.504 e. The summed E-state index contributed by atoms with van der Waals surface area (Å²) >= 11 is 1.99. The number of anilines is 1. The Bertz CT molecular complexity index is 900. The molecule has 2 aromatic carbocycles. The normalized spacial score (nSPS) is 10.6. The number of carbonyl (C=O) groups excluding carboxylic acids is 2. The van der Waals surface area contributed by atoms with Gasteiger partial charge >= 0.3 is 0 Å². The first-order valence-electron chi connectivity index (χ1n) is 9.42. The highest BCUT2D eigenvalue weighted by Crippen LogP contribution is 2.32. The van der Waals surface area contributed by atoms with Crippen molar-refractivity contribution in [3.63, 3.8) is 0 Å². The van der Waals surface area contributed by atoms with Gasteiger partial charge in [0.05, 0.1) is 23.0 Å². The number of ether oxygens (including phenoxy) is 2. The minimum absolute atomic E-state index is 0.00247. The quantitative estimate of drug-likeness (QED) is 0.249. The van der Waals surface area contributed by atoms with Gasteiger partial charge in [-0.1, -0.05) is 0 Å². The van der Waals surface area contributed by atoms with Gasteiger partial charge in [-0.25, -0.2) is 5.43 Å². The number of phenols is 1. The van der Waals surface area contributed by atoms with Crippen molar-refractivity contribution < 1.29 is 24.2 Å². The van der Waals surface area contributed by atoms with Crippen LogP contribution in [0.2, 0.25) is 0 Å². The SMILES string of the molecule is CCOc1ccc(NC(=O)CCC(=O)N/N=C/c2cc(I)c(O)c(OCC)c2)cc1. The van der Waals surface area contributed by atoms with E-state index in [4.69, 9.17) is 9.47 Å². The number of rotatable bonds is 10. The molecule has 160 valence electrons. The van der Waals surface area contributed by atoms with Gasteiger partial charge in [-0.3, -0.25) is 9.59 Å². The van der Waals surface area contributed by atoms with Gasteiger partial charge in [-0.15, -0.1) is 0 Å². The first kappa shape index (κ1) is 23.5. The van der Waals surface area contributed by atoms with Gasteiger partial charge in [0.25, 0.3) is 0 Å². The number of nitrogens with zero attached hydrogens (tertiary/aromatic N) is 1. The molecule has 3 N–H and O–H groups in total. The summed E-state index contributed by atoms with van der Waals surface area (Å²) in [6.07, 6.45) is 1.47. The van der Waals surface area contributed by atoms with Crippen LogP contribution in [-0.2, 0) is 9.59 Å². The molecule has 0 radical (unpaired) electrons. The molecule has 9 heteroatoms. The van der Waals surface area contributed by atoms with Crippen molar-refractivity contribution in [2.45, 2.75) is 26.7 Å². The molecular weight excluding hydrogens is 501 g/mol. The van der Waals surface area contributed by atoms with Crippen molar-refractivity contribution in [2.75, 3.05) is 18.5 Å². The predicted molar refractivity (Wildman–Crippen MR) is 123 cm³/mol. The van der Waals surface area contributed by atoms with E-state index in [9.17, 15) is 14.7 Å². The van der Waals surface area contributed by atoms with Crippen molar-refractivity contribution in [1.29, 1.82) is 0 Å². The van der Waals surface area contributed by atoms with Gasteiger partial charge in [0.1, 0.15) is 5.75 Å². The summed E-state index contributed by atoms with van der Waals surface area (Å²) in [6.45, 7) is 4.70. The third-order valence-electron chi connectivity index (χ3n) is 3.78. The summed E-state index contributed by atoms with van der Waals surface area (Å²) in [5.74, 6) is 0.490. The zero-order chi connectivity index (χ0) is 21.9. The number of nitrogens with one attached hydrogen (secondary N) is 2. The predicted octanol–water partition coefficient (Wildman–Crippen LogP) is 3.66. The fraction of sp³-hybridized carbons (Fsp3) is 0.286. The lowest BCUT2D eigenvalue weighted by molar-refractivity contribution is -0.124. The lowest BCUT2D eigenvalue weighted by Crippen LogP contribution is -2.20. The van der Waals surface area contributed by atoms with Gasteiger partial charge in [0.15, 0.2) is 11.5 Å². The molecule has 0 aromatic heterocycles. The number of phenolic OH excluding ortho intramolecular Hbond substituents is 1. The van der Waals surface area contributed by atoms with E-state index in [-0.39, 0.29) is 30.4 Å². The lowest BCUT2D eigenvalue weighted by atomic mass is 10.2. The van der Waals surface area contributed by atoms with Crippen LogP contribution in [0.3, 0.4) is 0 Å². The van der Waals surface area contributed by atoms with E-state index in [2.05, 4.69) is 15.8 Å². The molecule has 0 unspecified atom stereocenters. The maximum Gasteiger partial charge on any atom is 0.240 e. The van der Waals surface area contributed by atoms with Crippen LogP contribution in [-0.4, -0.2) is 36.3 Å². The second-order valence-electron chi connectivity index (χ2n) is 6.08. The third kappa shape index (κ3) is 7.54. The standard InChI is InChI=1S/C21H24IN3O5/c1-3-29-16-7-5-15(6-8-16)24-19(26)9-10-20(27)25-23-13-14-11-17(22)21(28)18(12-14)30-4-2/h5-8,11-13,28H,3-4,9-10H2,1-2H3,(H,24,26)(H,25,27)/b23-13+. The zero-order valence-corrected chi connectivity index (χ0v) is 18.9. The molecular formula is C21H24IN3O5. The van der Waals surface area contributed by atoms with Crippen LogP contribution < -0.4 is 20.2 Å². The van der Waals surface area contributed by atoms with Crippen LogP contribution in [0.4, 0.5) is 5.69 Å². The van der Waals surface area contributed by atoms with Gasteiger partial charge < -0.3 is 19.9 Å². The average Bonchev–Trinajstić information content (AvgIpc) is 2.72. The highest BCUT2D eigenvalue weighted by molar-refractivity contribution is 14.1. The fourth-order valence-electron chi connectivity index (χ4n) is 2.42. The van der Waals surface area contributed by atoms with E-state index in [0.717, 1.165) is 5.75 Å². The van der Waals surface area contributed by atoms with Crippen LogP contribution in [0.1, 0.15) is 32.3 Å². The Morgan fingerprint density at radius 2 is 1.73 bits per heavy atom. The Balaban J connectivity index is 1.79. The molecule has 2 amide bonds. The molecule has 2 rings (SSSR count). The molecule has 0 aliphatic rings. The summed E-state index contributed by atoms with van der Waals surface area (Å²) in [4.78, 5) is 23.9. The summed E-state index contributed by atoms with van der Waals surface area (Å²) in [6, 6.07) is 10.3. The van der Waals surface area contributed by atoms with Crippen LogP contribution in [0.5, 0.6) is 17.2 Å². The highest BCUT2D eigenvalue weighted by atomic mass is 127. The molecule has 2 aromatic rings. The molecule has 0 bridgehead atoms. The Kier molecular flexibility index (Phi) is 9.39. The molecule has 0 fully saturated rings. The van der Waals surface area contributed by atoms with Crippen molar-refractivity contribution in [3.05, 3.63) is 45.5 Å². The molecule has 0 aliphatic carbocycles. The minimum atomic E-state index is -0.383. The van der Waals surface area contributed by atoms with Crippen molar-refractivity contribution >= 4 is 46.3 Å². The van der Waals surface area contributed by atoms with E-state index < -0.39 is 0 Å². The number of amides is 2. The number of aromatic hydroxyl groups is 1. The third-order valence-corrected chi connectivity index (χ3v) is 4.60. The van der Waals surface area contributed by atoms with E-state index in [1.807, 2.05) is 36.4 Å². The molecule has 8 nitrogen and oxygen atoms in total. The highest BCUT2D eigenvalue weighted by Gasteiger charge is 2.09. The molecule has 30 heavy (non-hydrogen) atoms. The smallest absolute Gasteiger partial charge is 0.240 e. The Labute approximate surface area is 188 Å². The number of benzene rings is 2. The van der Waals surface area contributed by atoms with E-state index in [1.54, 1.807) is 36.4 Å². The van der Waals surface area contributed by atoms with Gasteiger partial charge in [-0.2, -0.15) is 5.10 Å². The molecule has 0 heterocycles. The second kappa shape index (κ2) is 12.0. The van der Waals surface area contributed by atoms with E-state index in [0.29, 0.717) is 33.8 Å². The van der Waals surface area contributed by atoms with E-state index in [1.165, 1.54) is 6.21 Å². The van der Waals surface area contributed by atoms with Crippen LogP contribution in [0, 0.1) is 3.57 Å². The summed E-state index contributed by atoms with van der Waals surface area (Å²) in [7, 11) is 0. The molecule has 0 spiro atoms. The number of hydrazone groups is 1.